The molecule has 0 heterocycles. The van der Waals surface area contributed by atoms with Crippen molar-refractivity contribution in [1.82, 2.24) is 0 Å². The molecule has 0 saturated heterocycles. The molecule has 0 radical (unpaired) electrons. The van der Waals surface area contributed by atoms with Crippen molar-refractivity contribution in [1.29, 1.82) is 0 Å². The van der Waals surface area contributed by atoms with Crippen LogP contribution in [-0.2, 0) is 5.60 Å². The molecule has 5 heteroatoms. The molecule has 4 nitrogen and oxygen atoms in total. The molecule has 1 unspecified atom stereocenters. The summed E-state index contributed by atoms with van der Waals surface area (Å²) in [6.07, 6.45) is 0.460. The molecular weight excluding hydrogens is 286 g/mol. The molecule has 0 saturated carbocycles. The highest BCUT2D eigenvalue weighted by Crippen LogP contribution is 2.42. The first-order valence-electron chi connectivity index (χ1n) is 5.31. The van der Waals surface area contributed by atoms with Crippen LogP contribution in [0, 0.1) is 0 Å². The number of hydrogen-bond acceptors (Lipinski definition) is 4. The van der Waals surface area contributed by atoms with Gasteiger partial charge in [-0.15, -0.1) is 0 Å². The molecule has 1 rings (SSSR count). The third-order valence-corrected chi connectivity index (χ3v) is 3.45. The molecule has 0 aromatic heterocycles. The maximum Gasteiger partial charge on any atom is 0.142 e. The maximum absolute atomic E-state index is 10.4. The molecule has 3 N–H and O–H groups in total. The molecule has 0 aliphatic heterocycles. The number of methoxy groups -OCH3 is 2. The van der Waals surface area contributed by atoms with Crippen LogP contribution in [-0.4, -0.2) is 25.9 Å². The SMILES string of the molecule is COc1ccc(C(C)(O)CCN)c(OC)c1Br. The zero-order chi connectivity index (χ0) is 13.1. The van der Waals surface area contributed by atoms with Crippen LogP contribution in [0.2, 0.25) is 0 Å². The van der Waals surface area contributed by atoms with Crippen LogP contribution >= 0.6 is 15.9 Å². The third kappa shape index (κ3) is 2.91. The minimum Gasteiger partial charge on any atom is -0.495 e. The molecule has 96 valence electrons. The van der Waals surface area contributed by atoms with Crippen molar-refractivity contribution in [2.45, 2.75) is 18.9 Å². The van der Waals surface area contributed by atoms with Gasteiger partial charge in [-0.25, -0.2) is 0 Å². The minimum atomic E-state index is -1.02. The van der Waals surface area contributed by atoms with Crippen molar-refractivity contribution >= 4 is 15.9 Å². The van der Waals surface area contributed by atoms with E-state index in [2.05, 4.69) is 15.9 Å². The van der Waals surface area contributed by atoms with Crippen molar-refractivity contribution in [3.05, 3.63) is 22.2 Å². The third-order valence-electron chi connectivity index (χ3n) is 2.70. The van der Waals surface area contributed by atoms with Crippen LogP contribution in [0.25, 0.3) is 0 Å². The quantitative estimate of drug-likeness (QED) is 0.873. The maximum atomic E-state index is 10.4. The van der Waals surface area contributed by atoms with E-state index in [9.17, 15) is 5.11 Å². The number of aliphatic hydroxyl groups is 1. The van der Waals surface area contributed by atoms with Crippen LogP contribution in [0.5, 0.6) is 11.5 Å². The van der Waals surface area contributed by atoms with E-state index in [4.69, 9.17) is 15.2 Å². The summed E-state index contributed by atoms with van der Waals surface area (Å²) in [6, 6.07) is 3.57. The zero-order valence-electron chi connectivity index (χ0n) is 10.3. The Labute approximate surface area is 110 Å². The molecule has 1 atom stereocenters. The highest BCUT2D eigenvalue weighted by atomic mass is 79.9. The summed E-state index contributed by atoms with van der Waals surface area (Å²) >= 11 is 3.40. The van der Waals surface area contributed by atoms with Gasteiger partial charge in [0.1, 0.15) is 16.0 Å². The van der Waals surface area contributed by atoms with Crippen molar-refractivity contribution in [3.8, 4) is 11.5 Å². The van der Waals surface area contributed by atoms with Gasteiger partial charge in [0.25, 0.3) is 0 Å². The Hall–Kier alpha value is -0.780. The molecule has 17 heavy (non-hydrogen) atoms. The number of hydrogen-bond donors (Lipinski definition) is 2. The average Bonchev–Trinajstić information content (AvgIpc) is 2.28. The normalized spacial score (nSPS) is 14.2. The fourth-order valence-electron chi connectivity index (χ4n) is 1.74. The standard InChI is InChI=1S/C12H18BrNO3/c1-12(15,6-7-14)8-4-5-9(16-2)10(13)11(8)17-3/h4-5,15H,6-7,14H2,1-3H3. The summed E-state index contributed by atoms with van der Waals surface area (Å²) in [4.78, 5) is 0. The molecule has 0 aliphatic rings. The van der Waals surface area contributed by atoms with Crippen molar-refractivity contribution < 1.29 is 14.6 Å². The second kappa shape index (κ2) is 5.71. The topological polar surface area (TPSA) is 64.7 Å². The van der Waals surface area contributed by atoms with Crippen LogP contribution in [0.1, 0.15) is 18.9 Å². The number of benzene rings is 1. The van der Waals surface area contributed by atoms with Crippen LogP contribution in [0.15, 0.2) is 16.6 Å². The van der Waals surface area contributed by atoms with Crippen LogP contribution in [0.3, 0.4) is 0 Å². The summed E-state index contributed by atoms with van der Waals surface area (Å²) in [5.74, 6) is 1.23. The predicted molar refractivity (Wildman–Crippen MR) is 70.5 cm³/mol. The Morgan fingerprint density at radius 3 is 2.47 bits per heavy atom. The lowest BCUT2D eigenvalue weighted by molar-refractivity contribution is 0.0477. The predicted octanol–water partition coefficient (Wildman–Crippen LogP) is 2.02. The van der Waals surface area contributed by atoms with E-state index in [1.54, 1.807) is 33.3 Å². The fourth-order valence-corrected chi connectivity index (χ4v) is 2.40. The highest BCUT2D eigenvalue weighted by molar-refractivity contribution is 9.10. The number of nitrogens with two attached hydrogens (primary N) is 1. The molecular formula is C12H18BrNO3. The van der Waals surface area contributed by atoms with E-state index in [0.717, 1.165) is 0 Å². The van der Waals surface area contributed by atoms with E-state index in [1.807, 2.05) is 0 Å². The van der Waals surface area contributed by atoms with Gasteiger partial charge in [-0.3, -0.25) is 0 Å². The molecule has 1 aromatic rings. The van der Waals surface area contributed by atoms with Crippen LogP contribution < -0.4 is 15.2 Å². The molecule has 0 amide bonds. The first-order valence-corrected chi connectivity index (χ1v) is 6.10. The Morgan fingerprint density at radius 1 is 1.35 bits per heavy atom. The lowest BCUT2D eigenvalue weighted by atomic mass is 9.91. The van der Waals surface area contributed by atoms with E-state index in [1.165, 1.54) is 0 Å². The molecule has 0 fully saturated rings. The monoisotopic (exact) mass is 303 g/mol. The Bertz CT molecular complexity index is 394. The van der Waals surface area contributed by atoms with Gasteiger partial charge in [0.15, 0.2) is 0 Å². The summed E-state index contributed by atoms with van der Waals surface area (Å²) in [5, 5.41) is 10.4. The van der Waals surface area contributed by atoms with Gasteiger partial charge in [0, 0.05) is 5.56 Å². The Kier molecular flexibility index (Phi) is 4.80. The summed E-state index contributed by atoms with van der Waals surface area (Å²) < 4.78 is 11.2. The van der Waals surface area contributed by atoms with E-state index >= 15 is 0 Å². The van der Waals surface area contributed by atoms with Gasteiger partial charge in [0.2, 0.25) is 0 Å². The zero-order valence-corrected chi connectivity index (χ0v) is 11.9. The van der Waals surface area contributed by atoms with Gasteiger partial charge < -0.3 is 20.3 Å². The lowest BCUT2D eigenvalue weighted by Gasteiger charge is -2.26. The van der Waals surface area contributed by atoms with Gasteiger partial charge in [-0.2, -0.15) is 0 Å². The smallest absolute Gasteiger partial charge is 0.142 e. The van der Waals surface area contributed by atoms with Crippen LogP contribution in [0.4, 0.5) is 0 Å². The largest absolute Gasteiger partial charge is 0.495 e. The molecule has 0 bridgehead atoms. The first kappa shape index (κ1) is 14.3. The molecule has 0 aliphatic carbocycles. The summed E-state index contributed by atoms with van der Waals surface area (Å²) in [5.41, 5.74) is 5.17. The highest BCUT2D eigenvalue weighted by Gasteiger charge is 2.28. The first-order chi connectivity index (χ1) is 7.97. The van der Waals surface area contributed by atoms with Gasteiger partial charge in [0.05, 0.1) is 19.8 Å². The number of ether oxygens (including phenoxy) is 2. The molecule has 1 aromatic carbocycles. The second-order valence-electron chi connectivity index (χ2n) is 3.98. The number of rotatable bonds is 5. The average molecular weight is 304 g/mol. The summed E-state index contributed by atoms with van der Waals surface area (Å²) in [6.45, 7) is 2.12. The Morgan fingerprint density at radius 2 is 2.00 bits per heavy atom. The van der Waals surface area contributed by atoms with Crippen molar-refractivity contribution in [2.24, 2.45) is 5.73 Å². The lowest BCUT2D eigenvalue weighted by Crippen LogP contribution is -2.25. The van der Waals surface area contributed by atoms with Crippen molar-refractivity contribution in [3.63, 3.8) is 0 Å². The molecule has 0 spiro atoms. The van der Waals surface area contributed by atoms with E-state index in [0.29, 0.717) is 34.5 Å². The number of halogens is 1. The summed E-state index contributed by atoms with van der Waals surface area (Å²) in [7, 11) is 3.14. The second-order valence-corrected chi connectivity index (χ2v) is 4.77. The van der Waals surface area contributed by atoms with E-state index < -0.39 is 5.60 Å². The van der Waals surface area contributed by atoms with Crippen molar-refractivity contribution in [2.75, 3.05) is 20.8 Å². The Balaban J connectivity index is 3.30. The fraction of sp³-hybridized carbons (Fsp3) is 0.500. The van der Waals surface area contributed by atoms with Gasteiger partial charge >= 0.3 is 0 Å². The minimum absolute atomic E-state index is 0.403. The van der Waals surface area contributed by atoms with E-state index in [-0.39, 0.29) is 0 Å². The van der Waals surface area contributed by atoms with Gasteiger partial charge in [-0.1, -0.05) is 0 Å². The van der Waals surface area contributed by atoms with Gasteiger partial charge in [-0.05, 0) is 48.0 Å².